The van der Waals surface area contributed by atoms with Crippen molar-refractivity contribution < 1.29 is 13.2 Å². The van der Waals surface area contributed by atoms with E-state index >= 15 is 0 Å². The van der Waals surface area contributed by atoms with Crippen LogP contribution in [0.3, 0.4) is 0 Å². The second-order valence-corrected chi connectivity index (χ2v) is 9.42. The molecule has 0 amide bonds. The third kappa shape index (κ3) is 4.36. The second kappa shape index (κ2) is 7.47. The molecule has 2 aliphatic rings. The van der Waals surface area contributed by atoms with Crippen molar-refractivity contribution in [1.29, 1.82) is 0 Å². The van der Waals surface area contributed by atoms with Gasteiger partial charge in [-0.25, -0.2) is 8.42 Å². The summed E-state index contributed by atoms with van der Waals surface area (Å²) in [5, 5.41) is 3.41. The standard InChI is InChI=1S/C14H27NO3S2/c1-3-15-14(13-10-19-8-7-18-13)11-5-4-6-12(9-11)20(2,16)17/h11-15H,3-10H2,1-2H3. The number of likely N-dealkylation sites (N-methyl/N-ethyl adjacent to an activating group) is 1. The molecule has 2 rings (SSSR count). The van der Waals surface area contributed by atoms with Gasteiger partial charge in [0.25, 0.3) is 0 Å². The number of hydrogen-bond acceptors (Lipinski definition) is 5. The molecule has 0 bridgehead atoms. The minimum Gasteiger partial charge on any atom is -0.375 e. The molecule has 0 radical (unpaired) electrons. The van der Waals surface area contributed by atoms with Gasteiger partial charge in [-0.2, -0.15) is 11.8 Å². The van der Waals surface area contributed by atoms with Crippen molar-refractivity contribution in [1.82, 2.24) is 5.32 Å². The van der Waals surface area contributed by atoms with Crippen molar-refractivity contribution in [2.45, 2.75) is 50.0 Å². The predicted octanol–water partition coefficient (Wildman–Crippen LogP) is 1.70. The average molecular weight is 322 g/mol. The van der Waals surface area contributed by atoms with E-state index in [1.54, 1.807) is 0 Å². The minimum atomic E-state index is -2.91. The van der Waals surface area contributed by atoms with Gasteiger partial charge in [0.05, 0.1) is 18.0 Å². The van der Waals surface area contributed by atoms with E-state index in [0.29, 0.717) is 12.0 Å². The molecular formula is C14H27NO3S2. The largest absolute Gasteiger partial charge is 0.375 e. The molecule has 0 aromatic rings. The number of nitrogens with one attached hydrogen (secondary N) is 1. The molecule has 118 valence electrons. The molecular weight excluding hydrogens is 294 g/mol. The Morgan fingerprint density at radius 2 is 2.20 bits per heavy atom. The van der Waals surface area contributed by atoms with Crippen LogP contribution >= 0.6 is 11.8 Å². The van der Waals surface area contributed by atoms with Crippen LogP contribution in [0.2, 0.25) is 0 Å². The van der Waals surface area contributed by atoms with Gasteiger partial charge in [-0.15, -0.1) is 0 Å². The van der Waals surface area contributed by atoms with E-state index in [1.165, 1.54) is 6.26 Å². The number of thioether (sulfide) groups is 1. The van der Waals surface area contributed by atoms with E-state index < -0.39 is 9.84 Å². The van der Waals surface area contributed by atoms with E-state index in [1.807, 2.05) is 11.8 Å². The molecule has 1 aliphatic heterocycles. The Morgan fingerprint density at radius 1 is 1.40 bits per heavy atom. The van der Waals surface area contributed by atoms with Crippen LogP contribution in [0.1, 0.15) is 32.6 Å². The van der Waals surface area contributed by atoms with E-state index in [9.17, 15) is 8.42 Å². The fourth-order valence-corrected chi connectivity index (χ4v) is 5.56. The average Bonchev–Trinajstić information content (AvgIpc) is 2.45. The molecule has 20 heavy (non-hydrogen) atoms. The Bertz CT molecular complexity index is 393. The first kappa shape index (κ1) is 16.6. The third-order valence-electron chi connectivity index (χ3n) is 4.46. The van der Waals surface area contributed by atoms with Crippen molar-refractivity contribution in [2.24, 2.45) is 5.92 Å². The minimum absolute atomic E-state index is 0.154. The van der Waals surface area contributed by atoms with Gasteiger partial charge in [-0.1, -0.05) is 13.3 Å². The quantitative estimate of drug-likeness (QED) is 0.835. The van der Waals surface area contributed by atoms with Crippen LogP contribution in [-0.4, -0.2) is 56.7 Å². The Morgan fingerprint density at radius 3 is 2.80 bits per heavy atom. The van der Waals surface area contributed by atoms with Gasteiger partial charge >= 0.3 is 0 Å². The summed E-state index contributed by atoms with van der Waals surface area (Å²) in [5.41, 5.74) is 0. The molecule has 1 saturated carbocycles. The molecule has 6 heteroatoms. The molecule has 4 atom stereocenters. The zero-order valence-corrected chi connectivity index (χ0v) is 14.1. The Kier molecular flexibility index (Phi) is 6.20. The van der Waals surface area contributed by atoms with Gasteiger partial charge in [-0.3, -0.25) is 0 Å². The third-order valence-corrected chi connectivity index (χ3v) is 7.12. The number of rotatable bonds is 5. The summed E-state index contributed by atoms with van der Waals surface area (Å²) in [6, 6.07) is 0.303. The van der Waals surface area contributed by atoms with E-state index in [-0.39, 0.29) is 11.4 Å². The summed E-state index contributed by atoms with van der Waals surface area (Å²) >= 11 is 1.94. The Labute approximate surface area is 127 Å². The van der Waals surface area contributed by atoms with Crippen LogP contribution in [0, 0.1) is 5.92 Å². The molecule has 2 fully saturated rings. The number of hydrogen-bond donors (Lipinski definition) is 1. The Hall–Kier alpha value is 0.220. The first-order valence-corrected chi connectivity index (χ1v) is 10.7. The van der Waals surface area contributed by atoms with Gasteiger partial charge in [0, 0.05) is 23.8 Å². The van der Waals surface area contributed by atoms with Gasteiger partial charge in [0.2, 0.25) is 0 Å². The van der Waals surface area contributed by atoms with Crippen LogP contribution in [0.5, 0.6) is 0 Å². The normalized spacial score (nSPS) is 33.8. The zero-order valence-electron chi connectivity index (χ0n) is 12.5. The summed E-state index contributed by atoms with van der Waals surface area (Å²) in [4.78, 5) is 0. The van der Waals surface area contributed by atoms with Crippen molar-refractivity contribution in [2.75, 3.05) is 30.9 Å². The molecule has 1 saturated heterocycles. The van der Waals surface area contributed by atoms with Gasteiger partial charge in [0.15, 0.2) is 0 Å². The van der Waals surface area contributed by atoms with Crippen molar-refractivity contribution in [3.63, 3.8) is 0 Å². The highest BCUT2D eigenvalue weighted by Gasteiger charge is 2.37. The SMILES string of the molecule is CCNC(C1CCCC(S(C)(=O)=O)C1)C1CSCCO1. The Balaban J connectivity index is 2.04. The molecule has 0 aromatic heterocycles. The first-order valence-electron chi connectivity index (χ1n) is 7.64. The van der Waals surface area contributed by atoms with Crippen LogP contribution in [0.15, 0.2) is 0 Å². The first-order chi connectivity index (χ1) is 9.52. The number of sulfone groups is 1. The smallest absolute Gasteiger partial charge is 0.150 e. The predicted molar refractivity (Wildman–Crippen MR) is 85.1 cm³/mol. The van der Waals surface area contributed by atoms with Crippen LogP contribution < -0.4 is 5.32 Å². The highest BCUT2D eigenvalue weighted by molar-refractivity contribution is 7.99. The maximum atomic E-state index is 11.8. The topological polar surface area (TPSA) is 55.4 Å². The lowest BCUT2D eigenvalue weighted by Crippen LogP contribution is -2.51. The van der Waals surface area contributed by atoms with Gasteiger partial charge in [0.1, 0.15) is 9.84 Å². The lowest BCUT2D eigenvalue weighted by molar-refractivity contribution is 0.0242. The van der Waals surface area contributed by atoms with Crippen molar-refractivity contribution in [3.05, 3.63) is 0 Å². The zero-order chi connectivity index (χ0) is 14.6. The van der Waals surface area contributed by atoms with E-state index in [2.05, 4.69) is 12.2 Å². The van der Waals surface area contributed by atoms with Crippen LogP contribution in [0.4, 0.5) is 0 Å². The lowest BCUT2D eigenvalue weighted by Gasteiger charge is -2.39. The number of ether oxygens (including phenoxy) is 1. The lowest BCUT2D eigenvalue weighted by atomic mass is 9.81. The van der Waals surface area contributed by atoms with E-state index in [4.69, 9.17) is 4.74 Å². The van der Waals surface area contributed by atoms with Gasteiger partial charge < -0.3 is 10.1 Å². The fourth-order valence-electron chi connectivity index (χ4n) is 3.45. The molecule has 4 unspecified atom stereocenters. The molecule has 1 N–H and O–H groups in total. The highest BCUT2D eigenvalue weighted by Crippen LogP contribution is 2.33. The maximum Gasteiger partial charge on any atom is 0.150 e. The van der Waals surface area contributed by atoms with Crippen molar-refractivity contribution >= 4 is 21.6 Å². The molecule has 4 nitrogen and oxygen atoms in total. The summed E-state index contributed by atoms with van der Waals surface area (Å²) in [6.45, 7) is 3.84. The maximum absolute atomic E-state index is 11.8. The van der Waals surface area contributed by atoms with Crippen LogP contribution in [0.25, 0.3) is 0 Å². The van der Waals surface area contributed by atoms with Crippen molar-refractivity contribution in [3.8, 4) is 0 Å². The molecule has 1 aliphatic carbocycles. The fraction of sp³-hybridized carbons (Fsp3) is 1.00. The second-order valence-electron chi connectivity index (χ2n) is 5.95. The van der Waals surface area contributed by atoms with Gasteiger partial charge in [-0.05, 0) is 31.7 Å². The summed E-state index contributed by atoms with van der Waals surface area (Å²) in [7, 11) is -2.91. The summed E-state index contributed by atoms with van der Waals surface area (Å²) in [6.07, 6.45) is 5.38. The summed E-state index contributed by atoms with van der Waals surface area (Å²) in [5.74, 6) is 2.52. The van der Waals surface area contributed by atoms with E-state index in [0.717, 1.165) is 50.3 Å². The summed E-state index contributed by atoms with van der Waals surface area (Å²) < 4.78 is 29.6. The van der Waals surface area contributed by atoms with Crippen LogP contribution in [-0.2, 0) is 14.6 Å². The molecule has 0 aromatic carbocycles. The molecule has 1 heterocycles. The highest BCUT2D eigenvalue weighted by atomic mass is 32.2. The molecule has 0 spiro atoms. The monoisotopic (exact) mass is 321 g/mol.